The van der Waals surface area contributed by atoms with Gasteiger partial charge in [0.05, 0.1) is 20.2 Å². The van der Waals surface area contributed by atoms with Crippen LogP contribution >= 0.6 is 47.0 Å². The zero-order chi connectivity index (χ0) is 25.9. The fourth-order valence-electron chi connectivity index (χ4n) is 4.36. The highest BCUT2D eigenvalue weighted by Crippen LogP contribution is 2.45. The number of aliphatic imine (C=N–C) groups is 4. The van der Waals surface area contributed by atoms with Crippen molar-refractivity contribution in [2.45, 2.75) is 64.2 Å². The van der Waals surface area contributed by atoms with E-state index in [0.29, 0.717) is 29.0 Å². The number of aryl methyl sites for hydroxylation is 1. The van der Waals surface area contributed by atoms with Crippen molar-refractivity contribution in [3.8, 4) is 0 Å². The summed E-state index contributed by atoms with van der Waals surface area (Å²) in [5, 5.41) is 7.06. The SMILES string of the molecule is CNC(=O)c1nc([C@]2(C)CSC([C@]3(C)CSC([C@H]4CSC([C@]5(C)CSC(C(C)C)=N5)=N4)=N3)=N2)oc1C. The summed E-state index contributed by atoms with van der Waals surface area (Å²) in [5.74, 6) is 4.62. The van der Waals surface area contributed by atoms with Gasteiger partial charge in [-0.15, -0.1) is 47.0 Å². The Balaban J connectivity index is 1.35. The van der Waals surface area contributed by atoms with E-state index in [1.54, 1.807) is 37.5 Å². The lowest BCUT2D eigenvalue weighted by molar-refractivity contribution is 0.0957. The molecule has 8 nitrogen and oxygen atoms in total. The molecule has 0 fully saturated rings. The molecule has 0 saturated carbocycles. The maximum atomic E-state index is 12.1. The zero-order valence-electron chi connectivity index (χ0n) is 21.7. The maximum absolute atomic E-state index is 12.1. The van der Waals surface area contributed by atoms with Gasteiger partial charge in [-0.05, 0) is 27.7 Å². The summed E-state index contributed by atoms with van der Waals surface area (Å²) in [4.78, 5) is 37.0. The molecule has 4 atom stereocenters. The van der Waals surface area contributed by atoms with Crippen LogP contribution in [0, 0.1) is 12.8 Å². The van der Waals surface area contributed by atoms with E-state index in [-0.39, 0.29) is 17.5 Å². The van der Waals surface area contributed by atoms with Crippen molar-refractivity contribution >= 4 is 73.1 Å². The number of carbonyl (C=O) groups excluding carboxylic acids is 1. The Morgan fingerprint density at radius 3 is 2.36 bits per heavy atom. The predicted octanol–water partition coefficient (Wildman–Crippen LogP) is 4.68. The fraction of sp³-hybridized carbons (Fsp3) is 0.667. The van der Waals surface area contributed by atoms with Gasteiger partial charge in [0.2, 0.25) is 5.89 Å². The predicted molar refractivity (Wildman–Crippen MR) is 157 cm³/mol. The van der Waals surface area contributed by atoms with E-state index in [4.69, 9.17) is 24.4 Å². The molecular weight excluding hydrogens is 533 g/mol. The molecule has 0 aromatic carbocycles. The van der Waals surface area contributed by atoms with Crippen LogP contribution in [0.3, 0.4) is 0 Å². The molecule has 5 heterocycles. The summed E-state index contributed by atoms with van der Waals surface area (Å²) in [6.45, 7) is 12.5. The summed E-state index contributed by atoms with van der Waals surface area (Å²) in [6.07, 6.45) is 0. The van der Waals surface area contributed by atoms with Gasteiger partial charge in [0, 0.05) is 36.0 Å². The Labute approximate surface area is 229 Å². The second-order valence-corrected chi connectivity index (χ2v) is 14.4. The summed E-state index contributed by atoms with van der Waals surface area (Å²) in [5.41, 5.74) is -0.923. The minimum Gasteiger partial charge on any atom is -0.442 e. The quantitative estimate of drug-likeness (QED) is 0.535. The largest absolute Gasteiger partial charge is 0.442 e. The average Bonchev–Trinajstić information content (AvgIpc) is 3.64. The molecule has 36 heavy (non-hydrogen) atoms. The van der Waals surface area contributed by atoms with Crippen molar-refractivity contribution in [3.63, 3.8) is 0 Å². The number of amides is 1. The van der Waals surface area contributed by atoms with Crippen LogP contribution in [0.1, 0.15) is 56.8 Å². The van der Waals surface area contributed by atoms with Gasteiger partial charge in [-0.2, -0.15) is 0 Å². The van der Waals surface area contributed by atoms with Gasteiger partial charge in [-0.3, -0.25) is 24.8 Å². The van der Waals surface area contributed by atoms with Gasteiger partial charge in [-0.25, -0.2) is 4.98 Å². The number of thioether (sulfide) groups is 4. The highest BCUT2D eigenvalue weighted by molar-refractivity contribution is 8.17. The Bertz CT molecular complexity index is 1220. The molecule has 1 amide bonds. The topological polar surface area (TPSA) is 105 Å². The van der Waals surface area contributed by atoms with E-state index < -0.39 is 11.1 Å². The maximum Gasteiger partial charge on any atom is 0.273 e. The fourth-order valence-corrected chi connectivity index (χ4v) is 9.59. The number of aromatic nitrogens is 1. The summed E-state index contributed by atoms with van der Waals surface area (Å²) in [6, 6.07) is 0.0832. The van der Waals surface area contributed by atoms with Crippen LogP contribution in [0.25, 0.3) is 0 Å². The summed E-state index contributed by atoms with van der Waals surface area (Å²) >= 11 is 7.19. The Morgan fingerprint density at radius 1 is 0.972 bits per heavy atom. The molecule has 0 unspecified atom stereocenters. The van der Waals surface area contributed by atoms with Gasteiger partial charge in [0.1, 0.15) is 28.4 Å². The summed E-state index contributed by atoms with van der Waals surface area (Å²) in [7, 11) is 1.59. The number of oxazole rings is 1. The number of carbonyl (C=O) groups is 1. The smallest absolute Gasteiger partial charge is 0.273 e. The lowest BCUT2D eigenvalue weighted by atomic mass is 10.0. The second kappa shape index (κ2) is 9.50. The molecule has 4 aliphatic heterocycles. The molecule has 0 spiro atoms. The normalized spacial score (nSPS) is 34.2. The van der Waals surface area contributed by atoms with Crippen molar-refractivity contribution < 1.29 is 9.21 Å². The number of nitrogens with one attached hydrogen (secondary N) is 1. The molecule has 1 N–H and O–H groups in total. The molecule has 5 rings (SSSR count). The van der Waals surface area contributed by atoms with Crippen molar-refractivity contribution in [1.82, 2.24) is 10.3 Å². The molecular formula is C24H32N6O2S4. The number of rotatable bonds is 6. The number of hydrogen-bond acceptors (Lipinski definition) is 11. The third-order valence-electron chi connectivity index (χ3n) is 6.61. The third-order valence-corrected chi connectivity index (χ3v) is 12.3. The number of hydrogen-bond donors (Lipinski definition) is 1. The first-order valence-electron chi connectivity index (χ1n) is 12.1. The van der Waals surface area contributed by atoms with Gasteiger partial charge >= 0.3 is 0 Å². The molecule has 12 heteroatoms. The molecule has 0 saturated heterocycles. The van der Waals surface area contributed by atoms with E-state index >= 15 is 0 Å². The molecule has 0 radical (unpaired) electrons. The van der Waals surface area contributed by atoms with E-state index in [0.717, 1.165) is 32.4 Å². The zero-order valence-corrected chi connectivity index (χ0v) is 24.9. The van der Waals surface area contributed by atoms with Crippen molar-refractivity contribution in [3.05, 3.63) is 17.3 Å². The van der Waals surface area contributed by atoms with E-state index in [1.165, 1.54) is 5.04 Å². The molecule has 4 aliphatic rings. The lowest BCUT2D eigenvalue weighted by Crippen LogP contribution is -2.31. The van der Waals surface area contributed by atoms with Crippen LogP contribution < -0.4 is 5.32 Å². The van der Waals surface area contributed by atoms with Crippen molar-refractivity contribution in [2.24, 2.45) is 25.9 Å². The van der Waals surface area contributed by atoms with E-state index in [9.17, 15) is 4.79 Å². The van der Waals surface area contributed by atoms with Crippen LogP contribution in [0.5, 0.6) is 0 Å². The van der Waals surface area contributed by atoms with Gasteiger partial charge in [-0.1, -0.05) is 13.8 Å². The Morgan fingerprint density at radius 2 is 1.67 bits per heavy atom. The van der Waals surface area contributed by atoms with Gasteiger partial charge in [0.25, 0.3) is 5.91 Å². The molecule has 194 valence electrons. The third kappa shape index (κ3) is 4.60. The van der Waals surface area contributed by atoms with Crippen LogP contribution in [-0.4, -0.2) is 78.2 Å². The average molecular weight is 565 g/mol. The molecule has 0 aliphatic carbocycles. The van der Waals surface area contributed by atoms with E-state index in [1.807, 2.05) is 30.4 Å². The minimum atomic E-state index is -0.627. The van der Waals surface area contributed by atoms with Crippen LogP contribution in [-0.2, 0) is 5.54 Å². The van der Waals surface area contributed by atoms with Gasteiger partial charge in [0.15, 0.2) is 5.69 Å². The Hall–Kier alpha value is -1.24. The van der Waals surface area contributed by atoms with Crippen LogP contribution in [0.15, 0.2) is 24.4 Å². The first-order chi connectivity index (χ1) is 17.0. The monoisotopic (exact) mass is 564 g/mol. The summed E-state index contributed by atoms with van der Waals surface area (Å²) < 4.78 is 5.90. The minimum absolute atomic E-state index is 0.0832. The highest BCUT2D eigenvalue weighted by Gasteiger charge is 2.47. The van der Waals surface area contributed by atoms with Crippen molar-refractivity contribution in [1.29, 1.82) is 0 Å². The molecule has 1 aromatic rings. The Kier molecular flexibility index (Phi) is 6.96. The van der Waals surface area contributed by atoms with Gasteiger partial charge < -0.3 is 9.73 Å². The first kappa shape index (κ1) is 26.4. The van der Waals surface area contributed by atoms with Crippen LogP contribution in [0.4, 0.5) is 0 Å². The second-order valence-electron chi connectivity index (χ2n) is 10.4. The standard InChI is InChI=1S/C24H32N6O2S4/c1-12(2)17-28-23(5,10-34-17)20-26-14(8-33-20)18-29-24(6,11-35-18)21-30-22(4,9-36-21)19-27-15(13(3)32-19)16(31)25-7/h12,14H,8-11H2,1-7H3,(H,25,31)/t14-,22+,23+,24+/m1/s1. The molecule has 1 aromatic heterocycles. The van der Waals surface area contributed by atoms with Crippen molar-refractivity contribution in [2.75, 3.05) is 30.1 Å². The molecule has 0 bridgehead atoms. The first-order valence-corrected chi connectivity index (χ1v) is 16.0. The van der Waals surface area contributed by atoms with E-state index in [2.05, 4.69) is 38.0 Å². The van der Waals surface area contributed by atoms with Crippen LogP contribution in [0.2, 0.25) is 0 Å². The lowest BCUT2D eigenvalue weighted by Gasteiger charge is -2.19. The highest BCUT2D eigenvalue weighted by atomic mass is 32.2. The number of nitrogens with zero attached hydrogens (tertiary/aromatic N) is 5.